The lowest BCUT2D eigenvalue weighted by Gasteiger charge is -2.26. The summed E-state index contributed by atoms with van der Waals surface area (Å²) in [5.74, 6) is -0.801. The second-order valence-electron chi connectivity index (χ2n) is 3.17. The highest BCUT2D eigenvalue weighted by Crippen LogP contribution is 2.07. The summed E-state index contributed by atoms with van der Waals surface area (Å²) in [5.41, 5.74) is 5.40. The van der Waals surface area contributed by atoms with Crippen LogP contribution in [0.3, 0.4) is 0 Å². The Morgan fingerprint density at radius 1 is 1.57 bits per heavy atom. The number of thiocarbonyl (C=S) groups is 1. The van der Waals surface area contributed by atoms with Crippen LogP contribution in [0.4, 0.5) is 0 Å². The van der Waals surface area contributed by atoms with E-state index in [1.807, 2.05) is 13.8 Å². The van der Waals surface area contributed by atoms with E-state index in [2.05, 4.69) is 0 Å². The second-order valence-corrected chi connectivity index (χ2v) is 3.70. The van der Waals surface area contributed by atoms with E-state index in [9.17, 15) is 4.79 Å². The van der Waals surface area contributed by atoms with E-state index in [4.69, 9.17) is 23.1 Å². The van der Waals surface area contributed by atoms with Gasteiger partial charge in [0, 0.05) is 6.54 Å². The first-order valence-electron chi connectivity index (χ1n) is 4.78. The molecule has 0 bridgehead atoms. The standard InChI is InChI=1S/C9H18N2O2S/c1-3-5-7(9(12)13)11(4-2)6-8(10)14/h7H,3-6H2,1-2H3,(H2,10,14)(H,12,13). The molecular formula is C9H18N2O2S. The highest BCUT2D eigenvalue weighted by atomic mass is 32.1. The van der Waals surface area contributed by atoms with Crippen LogP contribution >= 0.6 is 12.2 Å². The third kappa shape index (κ3) is 4.53. The Morgan fingerprint density at radius 3 is 2.43 bits per heavy atom. The molecule has 4 nitrogen and oxygen atoms in total. The maximum Gasteiger partial charge on any atom is 0.320 e. The number of carbonyl (C=O) groups is 1. The van der Waals surface area contributed by atoms with Crippen molar-refractivity contribution >= 4 is 23.2 Å². The fraction of sp³-hybridized carbons (Fsp3) is 0.778. The molecule has 0 radical (unpaired) electrons. The Morgan fingerprint density at radius 2 is 2.14 bits per heavy atom. The first-order valence-corrected chi connectivity index (χ1v) is 5.18. The van der Waals surface area contributed by atoms with Crippen molar-refractivity contribution in [2.45, 2.75) is 32.7 Å². The minimum atomic E-state index is -0.801. The summed E-state index contributed by atoms with van der Waals surface area (Å²) in [5, 5.41) is 8.99. The van der Waals surface area contributed by atoms with Gasteiger partial charge in [0.15, 0.2) is 0 Å². The van der Waals surface area contributed by atoms with E-state index in [1.165, 1.54) is 0 Å². The summed E-state index contributed by atoms with van der Waals surface area (Å²) < 4.78 is 0. The Bertz CT molecular complexity index is 209. The van der Waals surface area contributed by atoms with Crippen LogP contribution < -0.4 is 5.73 Å². The van der Waals surface area contributed by atoms with Crippen molar-refractivity contribution in [1.29, 1.82) is 0 Å². The lowest BCUT2D eigenvalue weighted by Crippen LogP contribution is -2.44. The topological polar surface area (TPSA) is 66.6 Å². The van der Waals surface area contributed by atoms with Crippen LogP contribution in [0, 0.1) is 0 Å². The first-order chi connectivity index (χ1) is 6.52. The number of nitrogens with zero attached hydrogens (tertiary/aromatic N) is 1. The highest BCUT2D eigenvalue weighted by Gasteiger charge is 2.23. The van der Waals surface area contributed by atoms with Crippen LogP contribution in [0.2, 0.25) is 0 Å². The SMILES string of the molecule is CCCC(C(=O)O)N(CC)CC(N)=S. The molecule has 82 valence electrons. The van der Waals surface area contributed by atoms with Crippen molar-refractivity contribution in [2.24, 2.45) is 5.73 Å². The second kappa shape index (κ2) is 6.73. The van der Waals surface area contributed by atoms with Gasteiger partial charge in [-0.05, 0) is 13.0 Å². The normalized spacial score (nSPS) is 12.8. The van der Waals surface area contributed by atoms with Crippen LogP contribution in [0.5, 0.6) is 0 Å². The zero-order valence-electron chi connectivity index (χ0n) is 8.69. The van der Waals surface area contributed by atoms with Gasteiger partial charge in [-0.1, -0.05) is 32.5 Å². The molecule has 0 aromatic carbocycles. The molecule has 1 atom stereocenters. The van der Waals surface area contributed by atoms with Gasteiger partial charge in [-0.3, -0.25) is 9.69 Å². The molecule has 5 heteroatoms. The molecule has 0 aliphatic carbocycles. The minimum Gasteiger partial charge on any atom is -0.480 e. The summed E-state index contributed by atoms with van der Waals surface area (Å²) >= 11 is 4.77. The number of aliphatic carboxylic acids is 1. The number of hydrogen-bond donors (Lipinski definition) is 2. The fourth-order valence-corrected chi connectivity index (χ4v) is 1.54. The number of nitrogens with two attached hydrogens (primary N) is 1. The number of hydrogen-bond acceptors (Lipinski definition) is 3. The van der Waals surface area contributed by atoms with E-state index in [1.54, 1.807) is 4.90 Å². The molecule has 0 aliphatic heterocycles. The predicted molar refractivity (Wildman–Crippen MR) is 60.4 cm³/mol. The molecule has 0 aliphatic rings. The van der Waals surface area contributed by atoms with Gasteiger partial charge in [0.2, 0.25) is 0 Å². The number of carboxylic acids is 1. The van der Waals surface area contributed by atoms with Gasteiger partial charge < -0.3 is 10.8 Å². The molecule has 3 N–H and O–H groups in total. The monoisotopic (exact) mass is 218 g/mol. The van der Waals surface area contributed by atoms with E-state index in [-0.39, 0.29) is 0 Å². The molecule has 0 saturated carbocycles. The molecule has 1 unspecified atom stereocenters. The van der Waals surface area contributed by atoms with Gasteiger partial charge in [0.05, 0.1) is 4.99 Å². The van der Waals surface area contributed by atoms with Crippen molar-refractivity contribution in [3.63, 3.8) is 0 Å². The van der Waals surface area contributed by atoms with Crippen LogP contribution in [0.25, 0.3) is 0 Å². The van der Waals surface area contributed by atoms with E-state index < -0.39 is 12.0 Å². The van der Waals surface area contributed by atoms with Crippen LogP contribution in [-0.2, 0) is 4.79 Å². The molecule has 14 heavy (non-hydrogen) atoms. The van der Waals surface area contributed by atoms with E-state index >= 15 is 0 Å². The quantitative estimate of drug-likeness (QED) is 0.620. The maximum absolute atomic E-state index is 10.9. The molecule has 0 amide bonds. The molecule has 0 aromatic heterocycles. The fourth-order valence-electron chi connectivity index (χ4n) is 1.38. The Hall–Kier alpha value is -0.680. The van der Waals surface area contributed by atoms with Gasteiger partial charge in [-0.15, -0.1) is 0 Å². The summed E-state index contributed by atoms with van der Waals surface area (Å²) in [6, 6.07) is -0.466. The Kier molecular flexibility index (Phi) is 6.40. The van der Waals surface area contributed by atoms with Crippen molar-refractivity contribution in [3.05, 3.63) is 0 Å². The number of likely N-dealkylation sites (N-methyl/N-ethyl adjacent to an activating group) is 1. The van der Waals surface area contributed by atoms with E-state index in [0.717, 1.165) is 6.42 Å². The summed E-state index contributed by atoms with van der Waals surface area (Å²) in [6.45, 7) is 4.89. The van der Waals surface area contributed by atoms with Gasteiger partial charge in [0.1, 0.15) is 6.04 Å². The van der Waals surface area contributed by atoms with Crippen molar-refractivity contribution in [2.75, 3.05) is 13.1 Å². The van der Waals surface area contributed by atoms with E-state index in [0.29, 0.717) is 24.5 Å². The minimum absolute atomic E-state index is 0.342. The Labute approximate surface area is 90.1 Å². The number of carboxylic acid groups (broad SMARTS) is 1. The third-order valence-corrected chi connectivity index (χ3v) is 2.18. The lowest BCUT2D eigenvalue weighted by molar-refractivity contribution is -0.143. The maximum atomic E-state index is 10.9. The first kappa shape index (κ1) is 13.3. The lowest BCUT2D eigenvalue weighted by atomic mass is 10.1. The molecule has 0 spiro atoms. The van der Waals surface area contributed by atoms with Gasteiger partial charge in [-0.25, -0.2) is 0 Å². The Balaban J connectivity index is 4.40. The average molecular weight is 218 g/mol. The van der Waals surface area contributed by atoms with Crippen molar-refractivity contribution < 1.29 is 9.90 Å². The van der Waals surface area contributed by atoms with Gasteiger partial charge >= 0.3 is 5.97 Å². The predicted octanol–water partition coefficient (Wildman–Crippen LogP) is 0.848. The van der Waals surface area contributed by atoms with Gasteiger partial charge in [0.25, 0.3) is 0 Å². The third-order valence-electron chi connectivity index (χ3n) is 2.05. The number of rotatable bonds is 7. The molecule has 0 heterocycles. The van der Waals surface area contributed by atoms with Crippen LogP contribution in [-0.4, -0.2) is 40.1 Å². The molecule has 0 saturated heterocycles. The van der Waals surface area contributed by atoms with Crippen molar-refractivity contribution in [3.8, 4) is 0 Å². The smallest absolute Gasteiger partial charge is 0.320 e. The van der Waals surface area contributed by atoms with Crippen molar-refractivity contribution in [1.82, 2.24) is 4.90 Å². The largest absolute Gasteiger partial charge is 0.480 e. The molecular weight excluding hydrogens is 200 g/mol. The summed E-state index contributed by atoms with van der Waals surface area (Å²) in [7, 11) is 0. The highest BCUT2D eigenvalue weighted by molar-refractivity contribution is 7.80. The van der Waals surface area contributed by atoms with Crippen LogP contribution in [0.15, 0.2) is 0 Å². The zero-order chi connectivity index (χ0) is 11.1. The molecule has 0 fully saturated rings. The van der Waals surface area contributed by atoms with Crippen LogP contribution in [0.1, 0.15) is 26.7 Å². The molecule has 0 aromatic rings. The van der Waals surface area contributed by atoms with Gasteiger partial charge in [-0.2, -0.15) is 0 Å². The summed E-state index contributed by atoms with van der Waals surface area (Å²) in [6.07, 6.45) is 1.47. The molecule has 0 rings (SSSR count). The average Bonchev–Trinajstić information content (AvgIpc) is 2.10. The summed E-state index contributed by atoms with van der Waals surface area (Å²) in [4.78, 5) is 13.1. The zero-order valence-corrected chi connectivity index (χ0v) is 9.51.